The minimum atomic E-state index is -3.18. The van der Waals surface area contributed by atoms with E-state index in [-0.39, 0.29) is 17.9 Å². The highest BCUT2D eigenvalue weighted by Gasteiger charge is 2.51. The number of nitrogens with zero attached hydrogens (tertiary/aromatic N) is 2. The number of aliphatic hydroxyl groups excluding tert-OH is 1. The van der Waals surface area contributed by atoms with Gasteiger partial charge in [0.25, 0.3) is 0 Å². The molecular formula is C15H24N2O3S2. The Balaban J connectivity index is 1.73. The second kappa shape index (κ2) is 5.87. The first-order valence-corrected chi connectivity index (χ1v) is 10.4. The zero-order valence-electron chi connectivity index (χ0n) is 13.2. The van der Waals surface area contributed by atoms with Crippen LogP contribution in [0.5, 0.6) is 0 Å². The van der Waals surface area contributed by atoms with Crippen molar-refractivity contribution in [3.05, 3.63) is 21.9 Å². The summed E-state index contributed by atoms with van der Waals surface area (Å²) in [6, 6.07) is 2.14. The monoisotopic (exact) mass is 344 g/mol. The van der Waals surface area contributed by atoms with Crippen LogP contribution in [0.15, 0.2) is 11.4 Å². The van der Waals surface area contributed by atoms with Crippen molar-refractivity contribution >= 4 is 21.4 Å². The lowest BCUT2D eigenvalue weighted by molar-refractivity contribution is 0.0173. The molecule has 124 valence electrons. The van der Waals surface area contributed by atoms with Crippen molar-refractivity contribution in [3.63, 3.8) is 0 Å². The smallest absolute Gasteiger partial charge is 0.211 e. The lowest BCUT2D eigenvalue weighted by Gasteiger charge is -2.42. The highest BCUT2D eigenvalue weighted by atomic mass is 32.2. The second-order valence-electron chi connectivity index (χ2n) is 6.78. The Kier molecular flexibility index (Phi) is 4.37. The average molecular weight is 345 g/mol. The van der Waals surface area contributed by atoms with Crippen molar-refractivity contribution in [2.45, 2.75) is 19.9 Å². The molecule has 0 bridgehead atoms. The van der Waals surface area contributed by atoms with Gasteiger partial charge in [0.1, 0.15) is 0 Å². The maximum Gasteiger partial charge on any atom is 0.211 e. The van der Waals surface area contributed by atoms with E-state index < -0.39 is 10.0 Å². The summed E-state index contributed by atoms with van der Waals surface area (Å²) in [4.78, 5) is 3.79. The van der Waals surface area contributed by atoms with Gasteiger partial charge >= 0.3 is 0 Å². The minimum Gasteiger partial charge on any atom is -0.396 e. The zero-order valence-corrected chi connectivity index (χ0v) is 14.8. The van der Waals surface area contributed by atoms with E-state index in [4.69, 9.17) is 0 Å². The lowest BCUT2D eigenvalue weighted by Crippen LogP contribution is -2.48. The van der Waals surface area contributed by atoms with Gasteiger partial charge < -0.3 is 5.11 Å². The van der Waals surface area contributed by atoms with E-state index >= 15 is 0 Å². The summed E-state index contributed by atoms with van der Waals surface area (Å²) in [6.45, 7) is 5.94. The van der Waals surface area contributed by atoms with E-state index in [2.05, 4.69) is 23.3 Å². The normalized spacial score (nSPS) is 30.6. The van der Waals surface area contributed by atoms with Crippen LogP contribution in [0.1, 0.15) is 16.9 Å². The van der Waals surface area contributed by atoms with Crippen molar-refractivity contribution in [2.75, 3.05) is 39.0 Å². The molecule has 0 saturated carbocycles. The van der Waals surface area contributed by atoms with Crippen LogP contribution in [0.3, 0.4) is 0 Å². The van der Waals surface area contributed by atoms with Crippen molar-refractivity contribution < 1.29 is 13.5 Å². The second-order valence-corrected chi connectivity index (χ2v) is 9.77. The molecule has 5 nitrogen and oxygen atoms in total. The molecule has 7 heteroatoms. The first kappa shape index (κ1) is 16.4. The standard InChI is InChI=1S/C15H24N2O3S2/c1-12-3-6-21-14(12)9-16-5-4-15(11-18)10-17(22(2,19)20)8-13(15)7-16/h3,6,13,18H,4-5,7-11H2,1-2H3/t13-,15+/m1/s1. The number of sulfonamides is 1. The summed E-state index contributed by atoms with van der Waals surface area (Å²) >= 11 is 1.78. The molecule has 0 aliphatic carbocycles. The number of likely N-dealkylation sites (tertiary alicyclic amines) is 1. The van der Waals surface area contributed by atoms with Gasteiger partial charge in [0.05, 0.1) is 12.9 Å². The molecule has 0 unspecified atom stereocenters. The van der Waals surface area contributed by atoms with Gasteiger partial charge in [0, 0.05) is 36.5 Å². The summed E-state index contributed by atoms with van der Waals surface area (Å²) in [5, 5.41) is 12.0. The average Bonchev–Trinajstić information content (AvgIpc) is 3.03. The third kappa shape index (κ3) is 2.97. The number of fused-ring (bicyclic) bond motifs is 1. The fraction of sp³-hybridized carbons (Fsp3) is 0.733. The number of hydrogen-bond acceptors (Lipinski definition) is 5. The van der Waals surface area contributed by atoms with Crippen molar-refractivity contribution in [1.29, 1.82) is 0 Å². The molecule has 0 radical (unpaired) electrons. The summed E-state index contributed by atoms with van der Waals surface area (Å²) < 4.78 is 25.2. The van der Waals surface area contributed by atoms with Crippen LogP contribution in [0.25, 0.3) is 0 Å². The Morgan fingerprint density at radius 3 is 2.82 bits per heavy atom. The van der Waals surface area contributed by atoms with Gasteiger partial charge in [-0.05, 0) is 42.8 Å². The Labute approximate surface area is 136 Å². The summed E-state index contributed by atoms with van der Waals surface area (Å²) in [5.74, 6) is 0.223. The van der Waals surface area contributed by atoms with Crippen LogP contribution < -0.4 is 0 Å². The van der Waals surface area contributed by atoms with Crippen LogP contribution in [-0.4, -0.2) is 61.8 Å². The predicted octanol–water partition coefficient (Wildman–Crippen LogP) is 1.13. The van der Waals surface area contributed by atoms with Gasteiger partial charge in [0.15, 0.2) is 0 Å². The molecule has 2 saturated heterocycles. The number of hydrogen-bond donors (Lipinski definition) is 1. The minimum absolute atomic E-state index is 0.0789. The molecule has 1 aromatic heterocycles. The Bertz CT molecular complexity index is 643. The fourth-order valence-electron chi connectivity index (χ4n) is 3.73. The molecule has 0 amide bonds. The maximum atomic E-state index is 11.8. The molecule has 3 heterocycles. The third-order valence-electron chi connectivity index (χ3n) is 5.31. The highest BCUT2D eigenvalue weighted by molar-refractivity contribution is 7.88. The molecule has 22 heavy (non-hydrogen) atoms. The van der Waals surface area contributed by atoms with E-state index in [0.717, 1.165) is 26.1 Å². The largest absolute Gasteiger partial charge is 0.396 e. The van der Waals surface area contributed by atoms with Crippen LogP contribution in [0.4, 0.5) is 0 Å². The lowest BCUT2D eigenvalue weighted by atomic mass is 9.73. The SMILES string of the molecule is Cc1ccsc1CN1CC[C@@]2(CO)CN(S(C)(=O)=O)C[C@H]2C1. The van der Waals surface area contributed by atoms with Crippen molar-refractivity contribution in [2.24, 2.45) is 11.3 Å². The van der Waals surface area contributed by atoms with Gasteiger partial charge in [-0.3, -0.25) is 4.90 Å². The number of aryl methyl sites for hydroxylation is 1. The molecule has 0 aromatic carbocycles. The molecule has 1 aromatic rings. The number of thiophene rings is 1. The Morgan fingerprint density at radius 1 is 1.45 bits per heavy atom. The topological polar surface area (TPSA) is 60.9 Å². The summed E-state index contributed by atoms with van der Waals surface area (Å²) in [6.07, 6.45) is 2.13. The van der Waals surface area contributed by atoms with Crippen LogP contribution in [-0.2, 0) is 16.6 Å². The first-order valence-electron chi connectivity index (χ1n) is 7.65. The van der Waals surface area contributed by atoms with E-state index in [1.807, 2.05) is 0 Å². The van der Waals surface area contributed by atoms with Crippen molar-refractivity contribution in [3.8, 4) is 0 Å². The molecule has 2 fully saturated rings. The first-order chi connectivity index (χ1) is 10.3. The molecule has 1 N–H and O–H groups in total. The highest BCUT2D eigenvalue weighted by Crippen LogP contribution is 2.43. The molecular weight excluding hydrogens is 320 g/mol. The molecule has 2 atom stereocenters. The fourth-order valence-corrected chi connectivity index (χ4v) is 5.62. The van der Waals surface area contributed by atoms with Crippen LogP contribution in [0, 0.1) is 18.3 Å². The summed E-state index contributed by atoms with van der Waals surface area (Å²) in [7, 11) is -3.18. The van der Waals surface area contributed by atoms with E-state index in [1.54, 1.807) is 15.6 Å². The van der Waals surface area contributed by atoms with Crippen LogP contribution in [0.2, 0.25) is 0 Å². The van der Waals surface area contributed by atoms with Gasteiger partial charge in [-0.2, -0.15) is 0 Å². The number of rotatable bonds is 4. The van der Waals surface area contributed by atoms with Gasteiger partial charge in [0.2, 0.25) is 10.0 Å². The van der Waals surface area contributed by atoms with Crippen LogP contribution >= 0.6 is 11.3 Å². The Morgan fingerprint density at radius 2 is 2.23 bits per heavy atom. The molecule has 0 spiro atoms. The van der Waals surface area contributed by atoms with E-state index in [0.29, 0.717) is 13.1 Å². The predicted molar refractivity (Wildman–Crippen MR) is 88.4 cm³/mol. The molecule has 2 aliphatic rings. The quantitative estimate of drug-likeness (QED) is 0.890. The van der Waals surface area contributed by atoms with E-state index in [1.165, 1.54) is 16.7 Å². The maximum absolute atomic E-state index is 11.8. The number of aliphatic hydroxyl groups is 1. The molecule has 2 aliphatic heterocycles. The molecule has 3 rings (SSSR count). The number of piperidine rings is 1. The summed E-state index contributed by atoms with van der Waals surface area (Å²) in [5.41, 5.74) is 1.08. The van der Waals surface area contributed by atoms with E-state index in [9.17, 15) is 13.5 Å². The third-order valence-corrected chi connectivity index (χ3v) is 7.53. The van der Waals surface area contributed by atoms with Gasteiger partial charge in [-0.1, -0.05) is 0 Å². The zero-order chi connectivity index (χ0) is 16.0. The van der Waals surface area contributed by atoms with Gasteiger partial charge in [-0.25, -0.2) is 12.7 Å². The van der Waals surface area contributed by atoms with Gasteiger partial charge in [-0.15, -0.1) is 11.3 Å². The van der Waals surface area contributed by atoms with Crippen molar-refractivity contribution in [1.82, 2.24) is 9.21 Å². The Hall–Kier alpha value is -0.470.